The van der Waals surface area contributed by atoms with Gasteiger partial charge in [-0.15, -0.1) is 0 Å². The minimum atomic E-state index is -4.22. The summed E-state index contributed by atoms with van der Waals surface area (Å²) in [4.78, 5) is 28.1. The molecule has 0 aromatic heterocycles. The number of rotatable bonds is 12. The summed E-state index contributed by atoms with van der Waals surface area (Å²) in [6.07, 6.45) is 0. The van der Waals surface area contributed by atoms with E-state index in [0.717, 1.165) is 4.31 Å². The van der Waals surface area contributed by atoms with Crippen molar-refractivity contribution < 1.29 is 22.7 Å². The highest BCUT2D eigenvalue weighted by Crippen LogP contribution is 2.33. The van der Waals surface area contributed by atoms with Gasteiger partial charge in [-0.05, 0) is 57.2 Å². The molecule has 1 N–H and O–H groups in total. The van der Waals surface area contributed by atoms with Crippen molar-refractivity contribution in [3.63, 3.8) is 0 Å². The lowest BCUT2D eigenvalue weighted by Crippen LogP contribution is -2.51. The summed E-state index contributed by atoms with van der Waals surface area (Å²) in [5.41, 5.74) is 0.635. The van der Waals surface area contributed by atoms with E-state index in [1.807, 2.05) is 0 Å². The molecule has 0 radical (unpaired) electrons. The molecule has 0 aliphatic rings. The molecule has 0 spiro atoms. The topological polar surface area (TPSA) is 96.0 Å². The fourth-order valence-electron chi connectivity index (χ4n) is 3.93. The van der Waals surface area contributed by atoms with Crippen molar-refractivity contribution in [3.8, 4) is 5.75 Å². The lowest BCUT2D eigenvalue weighted by atomic mass is 10.1. The second-order valence-corrected chi connectivity index (χ2v) is 11.2. The van der Waals surface area contributed by atoms with Crippen LogP contribution in [0.15, 0.2) is 77.7 Å². The number of hydrogen-bond donors (Lipinski definition) is 1. The van der Waals surface area contributed by atoms with Gasteiger partial charge in [0.25, 0.3) is 10.0 Å². The molecule has 0 fully saturated rings. The number of sulfonamides is 1. The van der Waals surface area contributed by atoms with Crippen LogP contribution in [0.1, 0.15) is 26.3 Å². The van der Waals surface area contributed by atoms with E-state index in [9.17, 15) is 18.0 Å². The number of ether oxygens (including phenoxy) is 1. The molecule has 0 bridgehead atoms. The molecule has 2 amide bonds. The summed E-state index contributed by atoms with van der Waals surface area (Å²) in [6.45, 7) is 5.04. The Kier molecular flexibility index (Phi) is 10.6. The van der Waals surface area contributed by atoms with E-state index in [-0.39, 0.29) is 23.7 Å². The van der Waals surface area contributed by atoms with E-state index in [2.05, 4.69) is 5.32 Å². The van der Waals surface area contributed by atoms with Crippen molar-refractivity contribution in [2.45, 2.75) is 38.3 Å². The number of benzene rings is 3. The monoisotopic (exact) mass is 591 g/mol. The Morgan fingerprint density at radius 2 is 1.54 bits per heavy atom. The predicted molar refractivity (Wildman–Crippen MR) is 154 cm³/mol. The number of anilines is 1. The summed E-state index contributed by atoms with van der Waals surface area (Å²) in [5, 5.41) is 3.35. The summed E-state index contributed by atoms with van der Waals surface area (Å²) < 4.78 is 34.5. The molecule has 3 rings (SSSR count). The average Bonchev–Trinajstić information content (AvgIpc) is 2.92. The average molecular weight is 593 g/mol. The van der Waals surface area contributed by atoms with Crippen LogP contribution in [0.25, 0.3) is 0 Å². The highest BCUT2D eigenvalue weighted by atomic mass is 35.5. The SMILES string of the molecule is CCNC(=O)C(C)N(Cc1c(Cl)cccc1Cl)C(=O)CN(c1ccccc1OCC)S(=O)(=O)c1ccccc1. The van der Waals surface area contributed by atoms with Crippen molar-refractivity contribution in [3.05, 3.63) is 88.4 Å². The van der Waals surface area contributed by atoms with Gasteiger partial charge >= 0.3 is 0 Å². The number of hydrogen-bond acceptors (Lipinski definition) is 5. The van der Waals surface area contributed by atoms with E-state index in [1.54, 1.807) is 81.4 Å². The van der Waals surface area contributed by atoms with Gasteiger partial charge in [0.2, 0.25) is 11.8 Å². The Hall–Kier alpha value is -3.27. The summed E-state index contributed by atoms with van der Waals surface area (Å²) in [5.74, 6) is -0.735. The molecule has 0 aliphatic carbocycles. The Balaban J connectivity index is 2.11. The van der Waals surface area contributed by atoms with Crippen LogP contribution in [0.5, 0.6) is 5.75 Å². The van der Waals surface area contributed by atoms with Crippen molar-refractivity contribution in [1.29, 1.82) is 0 Å². The molecule has 8 nitrogen and oxygen atoms in total. The van der Waals surface area contributed by atoms with Crippen LogP contribution in [-0.4, -0.2) is 50.9 Å². The van der Waals surface area contributed by atoms with Crippen molar-refractivity contribution in [2.75, 3.05) is 24.0 Å². The second-order valence-electron chi connectivity index (χ2n) is 8.52. The number of carbonyl (C=O) groups is 2. The van der Waals surface area contributed by atoms with Gasteiger partial charge < -0.3 is 15.0 Å². The molecule has 0 saturated carbocycles. The normalized spacial score (nSPS) is 11.9. The van der Waals surface area contributed by atoms with Gasteiger partial charge in [-0.1, -0.05) is 59.6 Å². The van der Waals surface area contributed by atoms with Crippen molar-refractivity contribution >= 4 is 50.7 Å². The van der Waals surface area contributed by atoms with Gasteiger partial charge in [0.1, 0.15) is 18.3 Å². The van der Waals surface area contributed by atoms with Crippen molar-refractivity contribution in [1.82, 2.24) is 10.2 Å². The van der Waals surface area contributed by atoms with Crippen LogP contribution >= 0.6 is 23.2 Å². The van der Waals surface area contributed by atoms with E-state index < -0.39 is 34.4 Å². The van der Waals surface area contributed by atoms with Gasteiger partial charge in [-0.2, -0.15) is 0 Å². The third-order valence-electron chi connectivity index (χ3n) is 5.95. The molecule has 1 atom stereocenters. The zero-order valence-electron chi connectivity index (χ0n) is 21.9. The van der Waals surface area contributed by atoms with Crippen LogP contribution in [0.3, 0.4) is 0 Å². The highest BCUT2D eigenvalue weighted by Gasteiger charge is 2.34. The first-order valence-corrected chi connectivity index (χ1v) is 14.6. The third kappa shape index (κ3) is 7.23. The van der Waals surface area contributed by atoms with E-state index in [1.165, 1.54) is 17.0 Å². The molecule has 0 heterocycles. The predicted octanol–water partition coefficient (Wildman–Crippen LogP) is 5.14. The Morgan fingerprint density at radius 1 is 0.923 bits per heavy atom. The van der Waals surface area contributed by atoms with Crippen LogP contribution in [0.2, 0.25) is 10.0 Å². The molecule has 0 aliphatic heterocycles. The maximum absolute atomic E-state index is 14.0. The van der Waals surface area contributed by atoms with E-state index in [0.29, 0.717) is 27.9 Å². The molecule has 208 valence electrons. The summed E-state index contributed by atoms with van der Waals surface area (Å²) in [7, 11) is -4.22. The lowest BCUT2D eigenvalue weighted by molar-refractivity contribution is -0.139. The largest absolute Gasteiger partial charge is 0.492 e. The highest BCUT2D eigenvalue weighted by molar-refractivity contribution is 7.92. The zero-order chi connectivity index (χ0) is 28.6. The molecule has 3 aromatic rings. The molecule has 11 heteroatoms. The number of likely N-dealkylation sites (N-methyl/N-ethyl adjacent to an activating group) is 1. The minimum absolute atomic E-state index is 0.00146. The zero-order valence-corrected chi connectivity index (χ0v) is 24.3. The van der Waals surface area contributed by atoms with Gasteiger partial charge in [0, 0.05) is 28.7 Å². The standard InChI is InChI=1S/C28H31Cl2N3O5S/c1-4-31-28(35)20(3)32(18-22-23(29)14-11-15-24(22)30)27(34)19-33(25-16-9-10-17-26(25)38-5-2)39(36,37)21-12-7-6-8-13-21/h6-17,20H,4-5,18-19H2,1-3H3,(H,31,35). The third-order valence-corrected chi connectivity index (χ3v) is 8.43. The van der Waals surface area contributed by atoms with Crippen LogP contribution in [0, 0.1) is 0 Å². The lowest BCUT2D eigenvalue weighted by Gasteiger charge is -2.32. The Bertz CT molecular complexity index is 1380. The quantitative estimate of drug-likeness (QED) is 0.314. The number of nitrogens with zero attached hydrogens (tertiary/aromatic N) is 2. The van der Waals surface area contributed by atoms with Crippen LogP contribution in [-0.2, 0) is 26.2 Å². The maximum Gasteiger partial charge on any atom is 0.264 e. The number of nitrogens with one attached hydrogen (secondary N) is 1. The smallest absolute Gasteiger partial charge is 0.264 e. The molecule has 39 heavy (non-hydrogen) atoms. The number of amides is 2. The van der Waals surface area contributed by atoms with Crippen LogP contribution in [0.4, 0.5) is 5.69 Å². The van der Waals surface area contributed by atoms with E-state index >= 15 is 0 Å². The molecular formula is C28H31Cl2N3O5S. The maximum atomic E-state index is 14.0. The van der Waals surface area contributed by atoms with Crippen LogP contribution < -0.4 is 14.4 Å². The first-order valence-electron chi connectivity index (χ1n) is 12.4. The van der Waals surface area contributed by atoms with E-state index in [4.69, 9.17) is 27.9 Å². The Labute approximate surface area is 239 Å². The minimum Gasteiger partial charge on any atom is -0.492 e. The number of para-hydroxylation sites is 2. The van der Waals surface area contributed by atoms with Gasteiger partial charge in [-0.3, -0.25) is 13.9 Å². The molecule has 3 aromatic carbocycles. The summed E-state index contributed by atoms with van der Waals surface area (Å²) >= 11 is 12.8. The fraction of sp³-hybridized carbons (Fsp3) is 0.286. The van der Waals surface area contributed by atoms with Gasteiger partial charge in [0.05, 0.1) is 17.2 Å². The number of halogens is 2. The first kappa shape index (κ1) is 30.3. The molecular weight excluding hydrogens is 561 g/mol. The van der Waals surface area contributed by atoms with Crippen molar-refractivity contribution in [2.24, 2.45) is 0 Å². The first-order chi connectivity index (χ1) is 18.6. The fourth-order valence-corrected chi connectivity index (χ4v) is 5.89. The second kappa shape index (κ2) is 13.7. The molecule has 1 unspecified atom stereocenters. The van der Waals surface area contributed by atoms with Gasteiger partial charge in [0.15, 0.2) is 0 Å². The summed E-state index contributed by atoms with van der Waals surface area (Å²) in [6, 6.07) is 18.4. The van der Waals surface area contributed by atoms with Gasteiger partial charge in [-0.25, -0.2) is 8.42 Å². The Morgan fingerprint density at radius 3 is 2.15 bits per heavy atom. The molecule has 0 saturated heterocycles. The number of carbonyl (C=O) groups excluding carboxylic acids is 2.